The van der Waals surface area contributed by atoms with Gasteiger partial charge in [-0.15, -0.1) is 0 Å². The van der Waals surface area contributed by atoms with Crippen molar-refractivity contribution in [2.24, 2.45) is 0 Å². The Morgan fingerprint density at radius 3 is 1.52 bits per heavy atom. The van der Waals surface area contributed by atoms with Crippen LogP contribution >= 0.6 is 0 Å². The molecule has 0 aliphatic heterocycles. The average molecular weight is 690 g/mol. The number of benzene rings is 9. The van der Waals surface area contributed by atoms with Crippen molar-refractivity contribution in [2.75, 3.05) is 4.90 Å². The van der Waals surface area contributed by atoms with Crippen LogP contribution in [0.3, 0.4) is 0 Å². The third-order valence-electron chi connectivity index (χ3n) is 10.5. The first-order valence-electron chi connectivity index (χ1n) is 18.4. The van der Waals surface area contributed by atoms with E-state index in [1.165, 1.54) is 33.0 Å². The maximum atomic E-state index is 6.86. The fourth-order valence-electron chi connectivity index (χ4n) is 7.86. The Morgan fingerprint density at radius 2 is 0.833 bits per heavy atom. The summed E-state index contributed by atoms with van der Waals surface area (Å²) in [5, 5.41) is 4.57. The highest BCUT2D eigenvalue weighted by atomic mass is 16.3. The first kappa shape index (κ1) is 31.6. The quantitative estimate of drug-likeness (QED) is 0.166. The van der Waals surface area contributed by atoms with Crippen LogP contribution in [-0.4, -0.2) is 0 Å². The molecule has 0 N–H and O–H groups in total. The highest BCUT2D eigenvalue weighted by Gasteiger charge is 2.23. The summed E-state index contributed by atoms with van der Waals surface area (Å²) in [5.41, 5.74) is 14.2. The third kappa shape index (κ3) is 5.62. The predicted octanol–water partition coefficient (Wildman–Crippen LogP) is 14.9. The van der Waals surface area contributed by atoms with E-state index in [1.807, 2.05) is 0 Å². The fourth-order valence-corrected chi connectivity index (χ4v) is 7.86. The van der Waals surface area contributed by atoms with Crippen molar-refractivity contribution in [3.8, 4) is 44.5 Å². The largest absolute Gasteiger partial charge is 0.455 e. The summed E-state index contributed by atoms with van der Waals surface area (Å²) in [6.45, 7) is 0. The van der Waals surface area contributed by atoms with Gasteiger partial charge in [-0.05, 0) is 92.2 Å². The van der Waals surface area contributed by atoms with Gasteiger partial charge < -0.3 is 9.32 Å². The molecule has 0 unspecified atom stereocenters. The van der Waals surface area contributed by atoms with E-state index in [9.17, 15) is 0 Å². The zero-order valence-electron chi connectivity index (χ0n) is 29.6. The Labute approximate surface area is 314 Å². The molecular formula is C52H35NO. The summed E-state index contributed by atoms with van der Waals surface area (Å²) in [4.78, 5) is 2.39. The molecule has 0 aliphatic carbocycles. The Morgan fingerprint density at radius 1 is 0.333 bits per heavy atom. The second-order valence-corrected chi connectivity index (χ2v) is 13.7. The minimum absolute atomic E-state index is 0.867. The molecule has 0 saturated heterocycles. The maximum absolute atomic E-state index is 6.86. The van der Waals surface area contributed by atoms with Crippen LogP contribution in [0.2, 0.25) is 0 Å². The molecule has 9 aromatic carbocycles. The van der Waals surface area contributed by atoms with Gasteiger partial charge in [0.25, 0.3) is 0 Å². The number of para-hydroxylation sites is 1. The Bertz CT molecular complexity index is 2920. The molecule has 2 heteroatoms. The molecule has 54 heavy (non-hydrogen) atoms. The molecule has 0 bridgehead atoms. The molecule has 10 aromatic rings. The zero-order chi connectivity index (χ0) is 35.8. The lowest BCUT2D eigenvalue weighted by molar-refractivity contribution is 0.670. The highest BCUT2D eigenvalue weighted by Crippen LogP contribution is 2.47. The van der Waals surface area contributed by atoms with Gasteiger partial charge in [0.2, 0.25) is 0 Å². The van der Waals surface area contributed by atoms with Crippen molar-refractivity contribution in [2.45, 2.75) is 0 Å². The van der Waals surface area contributed by atoms with Crippen molar-refractivity contribution < 1.29 is 4.42 Å². The van der Waals surface area contributed by atoms with Crippen LogP contribution in [0.1, 0.15) is 0 Å². The minimum Gasteiger partial charge on any atom is -0.455 e. The zero-order valence-corrected chi connectivity index (χ0v) is 29.6. The van der Waals surface area contributed by atoms with E-state index in [0.717, 1.165) is 61.3 Å². The Kier molecular flexibility index (Phi) is 7.85. The molecule has 0 fully saturated rings. The normalized spacial score (nSPS) is 11.3. The van der Waals surface area contributed by atoms with Crippen molar-refractivity contribution >= 4 is 49.8 Å². The Hall–Kier alpha value is -7.16. The van der Waals surface area contributed by atoms with Gasteiger partial charge in [-0.1, -0.05) is 170 Å². The van der Waals surface area contributed by atoms with Crippen molar-refractivity contribution in [1.29, 1.82) is 0 Å². The van der Waals surface area contributed by atoms with Crippen molar-refractivity contribution in [1.82, 2.24) is 0 Å². The molecule has 0 spiro atoms. The van der Waals surface area contributed by atoms with Gasteiger partial charge in [0.05, 0.1) is 11.1 Å². The van der Waals surface area contributed by atoms with Crippen LogP contribution in [0.5, 0.6) is 0 Å². The van der Waals surface area contributed by atoms with Crippen LogP contribution in [0.4, 0.5) is 17.1 Å². The second-order valence-electron chi connectivity index (χ2n) is 13.7. The van der Waals surface area contributed by atoms with Gasteiger partial charge in [0.1, 0.15) is 11.2 Å². The number of anilines is 3. The lowest BCUT2D eigenvalue weighted by Crippen LogP contribution is -2.10. The van der Waals surface area contributed by atoms with Gasteiger partial charge in [-0.25, -0.2) is 0 Å². The first-order valence-corrected chi connectivity index (χ1v) is 18.4. The summed E-state index contributed by atoms with van der Waals surface area (Å²) >= 11 is 0. The maximum Gasteiger partial charge on any atom is 0.145 e. The molecule has 0 radical (unpaired) electrons. The summed E-state index contributed by atoms with van der Waals surface area (Å²) in [6, 6.07) is 75.8. The number of rotatable bonds is 7. The third-order valence-corrected chi connectivity index (χ3v) is 10.5. The van der Waals surface area contributed by atoms with Gasteiger partial charge in [-0.3, -0.25) is 0 Å². The molecule has 0 aliphatic rings. The standard InChI is InChI=1S/C52H35NO/c1-3-14-36(15-4-1)38-28-30-39(31-29-38)42-21-12-23-44(35-42)53(43-22-11-20-41(34-43)37-16-5-2-6-17-37)49-33-32-47(46-26-13-19-40-18-7-8-24-45(40)46)52-51(49)48-25-9-10-27-50(48)54-52/h1-35H. The SMILES string of the molecule is c1ccc(-c2ccc(-c3cccc(N(c4cccc(-c5ccccc5)c4)c4ccc(-c5cccc6ccccc56)c5oc6ccccc6c45)c3)cc2)cc1. The van der Waals surface area contributed by atoms with Crippen molar-refractivity contribution in [3.63, 3.8) is 0 Å². The second kappa shape index (κ2) is 13.4. The van der Waals surface area contributed by atoms with E-state index in [2.05, 4.69) is 217 Å². The van der Waals surface area contributed by atoms with Crippen LogP contribution in [-0.2, 0) is 0 Å². The van der Waals surface area contributed by atoms with E-state index in [1.54, 1.807) is 0 Å². The molecule has 0 saturated carbocycles. The van der Waals surface area contributed by atoms with Gasteiger partial charge in [-0.2, -0.15) is 0 Å². The van der Waals surface area contributed by atoms with E-state index >= 15 is 0 Å². The smallest absolute Gasteiger partial charge is 0.145 e. The summed E-state index contributed by atoms with van der Waals surface area (Å²) < 4.78 is 6.86. The molecule has 2 nitrogen and oxygen atoms in total. The molecular weight excluding hydrogens is 655 g/mol. The summed E-state index contributed by atoms with van der Waals surface area (Å²) in [6.07, 6.45) is 0. The van der Waals surface area contributed by atoms with E-state index < -0.39 is 0 Å². The molecule has 1 heterocycles. The van der Waals surface area contributed by atoms with Gasteiger partial charge in [0.15, 0.2) is 0 Å². The number of furan rings is 1. The molecule has 1 aromatic heterocycles. The number of hydrogen-bond acceptors (Lipinski definition) is 2. The predicted molar refractivity (Wildman–Crippen MR) is 228 cm³/mol. The number of fused-ring (bicyclic) bond motifs is 4. The van der Waals surface area contributed by atoms with E-state index in [-0.39, 0.29) is 0 Å². The average Bonchev–Trinajstić information content (AvgIpc) is 3.65. The van der Waals surface area contributed by atoms with Crippen LogP contribution < -0.4 is 4.90 Å². The minimum atomic E-state index is 0.867. The van der Waals surface area contributed by atoms with Gasteiger partial charge in [0, 0.05) is 22.3 Å². The monoisotopic (exact) mass is 689 g/mol. The molecule has 0 atom stereocenters. The molecule has 254 valence electrons. The van der Waals surface area contributed by atoms with Crippen molar-refractivity contribution in [3.05, 3.63) is 212 Å². The van der Waals surface area contributed by atoms with Gasteiger partial charge >= 0.3 is 0 Å². The number of nitrogens with zero attached hydrogens (tertiary/aromatic N) is 1. The summed E-state index contributed by atoms with van der Waals surface area (Å²) in [7, 11) is 0. The lowest BCUT2D eigenvalue weighted by Gasteiger charge is -2.27. The first-order chi connectivity index (χ1) is 26.8. The van der Waals surface area contributed by atoms with Crippen LogP contribution in [0.25, 0.3) is 77.2 Å². The summed E-state index contributed by atoms with van der Waals surface area (Å²) in [5.74, 6) is 0. The highest BCUT2D eigenvalue weighted by molar-refractivity contribution is 6.18. The lowest BCUT2D eigenvalue weighted by atomic mass is 9.95. The van der Waals surface area contributed by atoms with Crippen LogP contribution in [0.15, 0.2) is 217 Å². The van der Waals surface area contributed by atoms with E-state index in [0.29, 0.717) is 0 Å². The topological polar surface area (TPSA) is 16.4 Å². The Balaban J connectivity index is 1.19. The van der Waals surface area contributed by atoms with E-state index in [4.69, 9.17) is 4.42 Å². The molecule has 10 rings (SSSR count). The fraction of sp³-hybridized carbons (Fsp3) is 0. The van der Waals surface area contributed by atoms with Crippen LogP contribution in [0, 0.1) is 0 Å². The molecule has 0 amide bonds. The number of hydrogen-bond donors (Lipinski definition) is 0.